The number of benzene rings is 3. The second kappa shape index (κ2) is 8.63. The molecule has 1 heterocycles. The predicted molar refractivity (Wildman–Crippen MR) is 117 cm³/mol. The average molecular weight is 432 g/mol. The lowest BCUT2D eigenvalue weighted by atomic mass is 10.0. The minimum absolute atomic E-state index is 0.185. The minimum Gasteiger partial charge on any atom is -0.494 e. The lowest BCUT2D eigenvalue weighted by Crippen LogP contribution is -2.29. The minimum atomic E-state index is -0.481. The van der Waals surface area contributed by atoms with E-state index in [1.54, 1.807) is 43.4 Å². The number of anilines is 1. The third-order valence-corrected chi connectivity index (χ3v) is 5.22. The monoisotopic (exact) mass is 432 g/mol. The number of halogens is 1. The Morgan fingerprint density at radius 1 is 0.938 bits per heavy atom. The first-order valence-corrected chi connectivity index (χ1v) is 10.1. The lowest BCUT2D eigenvalue weighted by Gasteiger charge is -2.17. The molecule has 0 bridgehead atoms. The summed E-state index contributed by atoms with van der Waals surface area (Å²) in [6.45, 7) is 2.66. The van der Waals surface area contributed by atoms with Crippen molar-refractivity contribution in [1.29, 1.82) is 0 Å². The fourth-order valence-electron chi connectivity index (χ4n) is 3.62. The topological polar surface area (TPSA) is 66.9 Å². The summed E-state index contributed by atoms with van der Waals surface area (Å²) in [6, 6.07) is 17.1. The van der Waals surface area contributed by atoms with Crippen molar-refractivity contribution in [1.82, 2.24) is 4.90 Å². The highest BCUT2D eigenvalue weighted by Crippen LogP contribution is 2.30. The molecule has 0 radical (unpaired) electrons. The molecule has 6 nitrogen and oxygen atoms in total. The Bertz CT molecular complexity index is 1190. The molecule has 0 atom stereocenters. The zero-order chi connectivity index (χ0) is 22.8. The van der Waals surface area contributed by atoms with Crippen LogP contribution >= 0.6 is 0 Å². The normalized spacial score (nSPS) is 12.7. The molecule has 0 N–H and O–H groups in total. The summed E-state index contributed by atoms with van der Waals surface area (Å²) >= 11 is 0. The van der Waals surface area contributed by atoms with Gasteiger partial charge in [0.25, 0.3) is 17.7 Å². The number of rotatable bonds is 6. The number of carbonyl (C=O) groups excluding carboxylic acids is 3. The first-order valence-electron chi connectivity index (χ1n) is 10.1. The van der Waals surface area contributed by atoms with E-state index in [1.807, 2.05) is 6.92 Å². The van der Waals surface area contributed by atoms with Gasteiger partial charge in [-0.2, -0.15) is 0 Å². The van der Waals surface area contributed by atoms with Crippen LogP contribution in [0.4, 0.5) is 10.1 Å². The molecule has 7 heteroatoms. The van der Waals surface area contributed by atoms with E-state index in [0.29, 0.717) is 23.6 Å². The van der Waals surface area contributed by atoms with E-state index in [4.69, 9.17) is 4.74 Å². The maximum absolute atomic E-state index is 13.1. The molecule has 32 heavy (non-hydrogen) atoms. The highest BCUT2D eigenvalue weighted by Gasteiger charge is 2.37. The summed E-state index contributed by atoms with van der Waals surface area (Å²) in [7, 11) is 1.62. The first-order chi connectivity index (χ1) is 15.4. The molecule has 3 amide bonds. The van der Waals surface area contributed by atoms with Crippen LogP contribution in [0.2, 0.25) is 0 Å². The van der Waals surface area contributed by atoms with Crippen molar-refractivity contribution in [2.24, 2.45) is 0 Å². The van der Waals surface area contributed by atoms with Crippen molar-refractivity contribution >= 4 is 23.4 Å². The highest BCUT2D eigenvalue weighted by molar-refractivity contribution is 6.34. The molecule has 0 unspecified atom stereocenters. The number of amides is 3. The lowest BCUT2D eigenvalue weighted by molar-refractivity contribution is 0.0784. The summed E-state index contributed by atoms with van der Waals surface area (Å²) in [5.41, 5.74) is 1.94. The van der Waals surface area contributed by atoms with Gasteiger partial charge in [0.1, 0.15) is 11.6 Å². The van der Waals surface area contributed by atoms with Gasteiger partial charge in [-0.1, -0.05) is 12.1 Å². The molecule has 0 fully saturated rings. The van der Waals surface area contributed by atoms with E-state index in [2.05, 4.69) is 0 Å². The molecule has 0 saturated carbocycles. The number of hydrogen-bond acceptors (Lipinski definition) is 4. The van der Waals surface area contributed by atoms with Gasteiger partial charge in [-0.25, -0.2) is 9.29 Å². The second-order valence-electron chi connectivity index (χ2n) is 7.42. The van der Waals surface area contributed by atoms with Gasteiger partial charge < -0.3 is 9.64 Å². The maximum atomic E-state index is 13.1. The van der Waals surface area contributed by atoms with Crippen LogP contribution in [-0.4, -0.2) is 36.3 Å². The SMILES string of the molecule is CCOc1ccc(N2C(=O)c3ccc(C(=O)N(C)Cc4ccc(F)cc4)cc3C2=O)cc1. The van der Waals surface area contributed by atoms with Crippen LogP contribution in [-0.2, 0) is 6.54 Å². The molecule has 1 aliphatic rings. The standard InChI is InChI=1S/C25H21FN2O4/c1-3-32-20-11-9-19(10-12-20)28-24(30)21-13-6-17(14-22(21)25(28)31)23(29)27(2)15-16-4-7-18(26)8-5-16/h4-14H,3,15H2,1-2H3. The molecule has 4 rings (SSSR count). The molecule has 0 aromatic heterocycles. The van der Waals surface area contributed by atoms with E-state index < -0.39 is 11.8 Å². The predicted octanol–water partition coefficient (Wildman–Crippen LogP) is 4.30. The van der Waals surface area contributed by atoms with Crippen molar-refractivity contribution in [2.45, 2.75) is 13.5 Å². The summed E-state index contributed by atoms with van der Waals surface area (Å²) < 4.78 is 18.5. The Kier molecular flexibility index (Phi) is 5.73. The van der Waals surface area contributed by atoms with Gasteiger partial charge in [0.15, 0.2) is 0 Å². The molecule has 162 valence electrons. The summed E-state index contributed by atoms with van der Waals surface area (Å²) in [5, 5.41) is 0. The third-order valence-electron chi connectivity index (χ3n) is 5.22. The molecule has 0 saturated heterocycles. The van der Waals surface area contributed by atoms with E-state index in [9.17, 15) is 18.8 Å². The Morgan fingerprint density at radius 3 is 2.25 bits per heavy atom. The number of imide groups is 1. The van der Waals surface area contributed by atoms with Crippen LogP contribution in [0.25, 0.3) is 0 Å². The Labute approximate surface area is 184 Å². The summed E-state index contributed by atoms with van der Waals surface area (Å²) in [4.78, 5) is 41.3. The largest absolute Gasteiger partial charge is 0.494 e. The van der Waals surface area contributed by atoms with Crippen molar-refractivity contribution in [3.63, 3.8) is 0 Å². The fourth-order valence-corrected chi connectivity index (χ4v) is 3.62. The quantitative estimate of drug-likeness (QED) is 0.545. The van der Waals surface area contributed by atoms with Crippen LogP contribution in [0, 0.1) is 5.82 Å². The van der Waals surface area contributed by atoms with Crippen LogP contribution in [0.15, 0.2) is 66.7 Å². The van der Waals surface area contributed by atoms with Crippen molar-refractivity contribution in [2.75, 3.05) is 18.6 Å². The van der Waals surface area contributed by atoms with Gasteiger partial charge in [-0.05, 0) is 67.1 Å². The summed E-state index contributed by atoms with van der Waals surface area (Å²) in [6.07, 6.45) is 0. The second-order valence-corrected chi connectivity index (χ2v) is 7.42. The summed E-state index contributed by atoms with van der Waals surface area (Å²) in [5.74, 6) is -0.929. The van der Waals surface area contributed by atoms with E-state index in [1.165, 1.54) is 35.2 Å². The van der Waals surface area contributed by atoms with Crippen molar-refractivity contribution < 1.29 is 23.5 Å². The number of fused-ring (bicyclic) bond motifs is 1. The molecule has 1 aliphatic heterocycles. The van der Waals surface area contributed by atoms with Gasteiger partial charge in [0.05, 0.1) is 23.4 Å². The Hall–Kier alpha value is -4.00. The number of carbonyl (C=O) groups is 3. The Morgan fingerprint density at radius 2 is 1.59 bits per heavy atom. The van der Waals surface area contributed by atoms with Crippen LogP contribution in [0.3, 0.4) is 0 Å². The third kappa shape index (κ3) is 3.97. The van der Waals surface area contributed by atoms with Gasteiger partial charge in [-0.3, -0.25) is 14.4 Å². The van der Waals surface area contributed by atoms with Crippen LogP contribution < -0.4 is 9.64 Å². The zero-order valence-corrected chi connectivity index (χ0v) is 17.7. The molecular weight excluding hydrogens is 411 g/mol. The van der Waals surface area contributed by atoms with Crippen LogP contribution in [0.5, 0.6) is 5.75 Å². The number of nitrogens with zero attached hydrogens (tertiary/aromatic N) is 2. The van der Waals surface area contributed by atoms with Crippen LogP contribution in [0.1, 0.15) is 43.6 Å². The van der Waals surface area contributed by atoms with Crippen molar-refractivity contribution in [3.8, 4) is 5.75 Å². The average Bonchev–Trinajstić information content (AvgIpc) is 3.05. The van der Waals surface area contributed by atoms with Gasteiger partial charge >= 0.3 is 0 Å². The smallest absolute Gasteiger partial charge is 0.266 e. The fraction of sp³-hybridized carbons (Fsp3) is 0.160. The Balaban J connectivity index is 1.55. The van der Waals surface area contributed by atoms with E-state index in [0.717, 1.165) is 10.5 Å². The van der Waals surface area contributed by atoms with Gasteiger partial charge in [0, 0.05) is 19.2 Å². The van der Waals surface area contributed by atoms with Crippen molar-refractivity contribution in [3.05, 3.63) is 94.8 Å². The molecule has 0 spiro atoms. The number of ether oxygens (including phenoxy) is 1. The van der Waals surface area contributed by atoms with Gasteiger partial charge in [-0.15, -0.1) is 0 Å². The maximum Gasteiger partial charge on any atom is 0.266 e. The van der Waals surface area contributed by atoms with Gasteiger partial charge in [0.2, 0.25) is 0 Å². The molecule has 3 aromatic rings. The van der Waals surface area contributed by atoms with E-state index >= 15 is 0 Å². The molecule has 3 aromatic carbocycles. The van der Waals surface area contributed by atoms with E-state index in [-0.39, 0.29) is 29.4 Å². The first kappa shape index (κ1) is 21.2. The zero-order valence-electron chi connectivity index (χ0n) is 17.7. The number of hydrogen-bond donors (Lipinski definition) is 0. The molecule has 0 aliphatic carbocycles. The highest BCUT2D eigenvalue weighted by atomic mass is 19.1. The molecular formula is C25H21FN2O4.